The topological polar surface area (TPSA) is 32.3 Å². The van der Waals surface area contributed by atoms with Crippen LogP contribution >= 0.6 is 0 Å². The number of nitrogens with one attached hydrogen (secondary N) is 1. The van der Waals surface area contributed by atoms with Crippen molar-refractivity contribution in [2.45, 2.75) is 25.8 Å². The minimum Gasteiger partial charge on any atom is -0.360 e. The molecular formula is C19H19F3N2O. The van der Waals surface area contributed by atoms with Gasteiger partial charge in [0.25, 0.3) is 0 Å². The van der Waals surface area contributed by atoms with Crippen molar-refractivity contribution in [2.75, 3.05) is 18.0 Å². The molecule has 2 aromatic rings. The van der Waals surface area contributed by atoms with Crippen LogP contribution in [0.3, 0.4) is 0 Å². The summed E-state index contributed by atoms with van der Waals surface area (Å²) in [5, 5.41) is 2.69. The molecule has 132 valence electrons. The maximum atomic E-state index is 14.1. The van der Waals surface area contributed by atoms with Gasteiger partial charge < -0.3 is 10.2 Å². The fourth-order valence-electron chi connectivity index (χ4n) is 3.24. The standard InChI is InChI=1S/C19H19F3N2O/c1-12(15-8-7-14(20)10-17(15)22)23-18(25)11-24-9-3-5-13-4-2-6-16(21)19(13)24/h2,4,6-8,10,12H,3,5,9,11H2,1H3,(H,23,25)/t12-/m0/s1. The maximum absolute atomic E-state index is 14.1. The molecule has 0 saturated carbocycles. The third-order valence-corrected chi connectivity index (χ3v) is 4.40. The Morgan fingerprint density at radius 1 is 1.20 bits per heavy atom. The van der Waals surface area contributed by atoms with E-state index >= 15 is 0 Å². The summed E-state index contributed by atoms with van der Waals surface area (Å²) in [6.07, 6.45) is 1.62. The van der Waals surface area contributed by atoms with Crippen LogP contribution in [0.1, 0.15) is 30.5 Å². The highest BCUT2D eigenvalue weighted by Gasteiger charge is 2.23. The predicted molar refractivity (Wildman–Crippen MR) is 89.8 cm³/mol. The normalized spacial score (nSPS) is 14.8. The zero-order valence-corrected chi connectivity index (χ0v) is 13.9. The van der Waals surface area contributed by atoms with Gasteiger partial charge in [0.05, 0.1) is 18.3 Å². The number of carbonyl (C=O) groups excluding carboxylic acids is 1. The third kappa shape index (κ3) is 3.78. The summed E-state index contributed by atoms with van der Waals surface area (Å²) < 4.78 is 40.9. The summed E-state index contributed by atoms with van der Waals surface area (Å²) in [5.41, 5.74) is 1.56. The molecule has 1 heterocycles. The van der Waals surface area contributed by atoms with Gasteiger partial charge in [-0.25, -0.2) is 13.2 Å². The summed E-state index contributed by atoms with van der Waals surface area (Å²) in [7, 11) is 0. The molecule has 0 bridgehead atoms. The maximum Gasteiger partial charge on any atom is 0.239 e. The van der Waals surface area contributed by atoms with E-state index in [0.29, 0.717) is 12.2 Å². The van der Waals surface area contributed by atoms with Crippen molar-refractivity contribution in [1.82, 2.24) is 5.32 Å². The van der Waals surface area contributed by atoms with Gasteiger partial charge in [0, 0.05) is 18.2 Å². The SMILES string of the molecule is C[C@H](NC(=O)CN1CCCc2cccc(F)c21)c1ccc(F)cc1F. The van der Waals surface area contributed by atoms with Crippen molar-refractivity contribution in [2.24, 2.45) is 0 Å². The summed E-state index contributed by atoms with van der Waals surface area (Å²) in [4.78, 5) is 14.0. The van der Waals surface area contributed by atoms with Gasteiger partial charge in [-0.2, -0.15) is 0 Å². The molecule has 0 radical (unpaired) electrons. The first-order chi connectivity index (χ1) is 12.0. The number of anilines is 1. The molecule has 1 aliphatic rings. The van der Waals surface area contributed by atoms with Crippen LogP contribution in [0, 0.1) is 17.5 Å². The summed E-state index contributed by atoms with van der Waals surface area (Å²) >= 11 is 0. The van der Waals surface area contributed by atoms with Crippen LogP contribution in [0.25, 0.3) is 0 Å². The van der Waals surface area contributed by atoms with Crippen molar-refractivity contribution < 1.29 is 18.0 Å². The van der Waals surface area contributed by atoms with E-state index < -0.39 is 17.7 Å². The summed E-state index contributed by atoms with van der Waals surface area (Å²) in [5.74, 6) is -2.06. The number of aryl methyl sites for hydroxylation is 1. The molecule has 2 aromatic carbocycles. The molecule has 1 amide bonds. The quantitative estimate of drug-likeness (QED) is 0.913. The molecule has 3 rings (SSSR count). The van der Waals surface area contributed by atoms with Gasteiger partial charge in [-0.3, -0.25) is 4.79 Å². The number of fused-ring (bicyclic) bond motifs is 1. The molecule has 0 spiro atoms. The minimum atomic E-state index is -0.706. The first-order valence-corrected chi connectivity index (χ1v) is 8.22. The highest BCUT2D eigenvalue weighted by Crippen LogP contribution is 2.29. The first-order valence-electron chi connectivity index (χ1n) is 8.22. The Hall–Kier alpha value is -2.50. The molecule has 25 heavy (non-hydrogen) atoms. The van der Waals surface area contributed by atoms with Gasteiger partial charge in [-0.05, 0) is 37.5 Å². The Labute approximate surface area is 144 Å². The number of rotatable bonds is 4. The monoisotopic (exact) mass is 348 g/mol. The van der Waals surface area contributed by atoms with Gasteiger partial charge in [0.1, 0.15) is 17.5 Å². The van der Waals surface area contributed by atoms with Gasteiger partial charge in [-0.1, -0.05) is 18.2 Å². The second-order valence-electron chi connectivity index (χ2n) is 6.23. The second kappa shape index (κ2) is 7.17. The third-order valence-electron chi connectivity index (χ3n) is 4.40. The lowest BCUT2D eigenvalue weighted by Crippen LogP contribution is -2.41. The molecule has 1 aliphatic heterocycles. The lowest BCUT2D eigenvalue weighted by Gasteiger charge is -2.31. The summed E-state index contributed by atoms with van der Waals surface area (Å²) in [6.45, 7) is 2.20. The van der Waals surface area contributed by atoms with E-state index in [0.717, 1.165) is 30.5 Å². The van der Waals surface area contributed by atoms with Crippen molar-refractivity contribution in [1.29, 1.82) is 0 Å². The highest BCUT2D eigenvalue weighted by molar-refractivity contribution is 5.82. The zero-order chi connectivity index (χ0) is 18.0. The molecule has 3 nitrogen and oxygen atoms in total. The number of hydrogen-bond donors (Lipinski definition) is 1. The minimum absolute atomic E-state index is 0.0128. The van der Waals surface area contributed by atoms with E-state index in [1.54, 1.807) is 17.9 Å². The number of carbonyl (C=O) groups is 1. The van der Waals surface area contributed by atoms with Crippen molar-refractivity contribution in [3.05, 3.63) is 65.0 Å². The Bertz CT molecular complexity index is 794. The molecular weight excluding hydrogens is 329 g/mol. The van der Waals surface area contributed by atoms with Gasteiger partial charge in [-0.15, -0.1) is 0 Å². The van der Waals surface area contributed by atoms with E-state index in [1.807, 2.05) is 6.07 Å². The van der Waals surface area contributed by atoms with Crippen molar-refractivity contribution in [3.8, 4) is 0 Å². The molecule has 0 saturated heterocycles. The number of amides is 1. The van der Waals surface area contributed by atoms with Crippen molar-refractivity contribution in [3.63, 3.8) is 0 Å². The lowest BCUT2D eigenvalue weighted by atomic mass is 10.0. The molecule has 0 aliphatic carbocycles. The van der Waals surface area contributed by atoms with Crippen LogP contribution in [0.2, 0.25) is 0 Å². The Morgan fingerprint density at radius 3 is 2.76 bits per heavy atom. The predicted octanol–water partition coefficient (Wildman–Crippen LogP) is 3.73. The van der Waals surface area contributed by atoms with E-state index in [4.69, 9.17) is 0 Å². The molecule has 0 aromatic heterocycles. The molecule has 1 N–H and O–H groups in total. The van der Waals surface area contributed by atoms with Crippen LogP contribution in [-0.4, -0.2) is 19.0 Å². The fourth-order valence-corrected chi connectivity index (χ4v) is 3.24. The summed E-state index contributed by atoms with van der Waals surface area (Å²) in [6, 6.07) is 7.54. The number of halogens is 3. The lowest BCUT2D eigenvalue weighted by molar-refractivity contribution is -0.120. The Balaban J connectivity index is 1.70. The molecule has 0 unspecified atom stereocenters. The van der Waals surface area contributed by atoms with E-state index in [2.05, 4.69) is 5.32 Å². The van der Waals surface area contributed by atoms with E-state index in [1.165, 1.54) is 12.1 Å². The number of para-hydroxylation sites is 1. The highest BCUT2D eigenvalue weighted by atomic mass is 19.1. The Morgan fingerprint density at radius 2 is 2.00 bits per heavy atom. The zero-order valence-electron chi connectivity index (χ0n) is 13.9. The largest absolute Gasteiger partial charge is 0.360 e. The average molecular weight is 348 g/mol. The molecule has 6 heteroatoms. The average Bonchev–Trinajstić information content (AvgIpc) is 2.54. The number of hydrogen-bond acceptors (Lipinski definition) is 2. The molecule has 0 fully saturated rings. The first kappa shape index (κ1) is 17.3. The van der Waals surface area contributed by atoms with Crippen LogP contribution in [0.5, 0.6) is 0 Å². The molecule has 1 atom stereocenters. The second-order valence-corrected chi connectivity index (χ2v) is 6.23. The van der Waals surface area contributed by atoms with E-state index in [9.17, 15) is 18.0 Å². The van der Waals surface area contributed by atoms with Crippen LogP contribution in [0.15, 0.2) is 36.4 Å². The number of benzene rings is 2. The fraction of sp³-hybridized carbons (Fsp3) is 0.316. The van der Waals surface area contributed by atoms with Crippen LogP contribution in [-0.2, 0) is 11.2 Å². The van der Waals surface area contributed by atoms with Crippen molar-refractivity contribution >= 4 is 11.6 Å². The Kier molecular flexibility index (Phi) is 4.97. The van der Waals surface area contributed by atoms with Gasteiger partial charge in [0.15, 0.2) is 0 Å². The van der Waals surface area contributed by atoms with Gasteiger partial charge in [0.2, 0.25) is 5.91 Å². The van der Waals surface area contributed by atoms with Crippen LogP contribution in [0.4, 0.5) is 18.9 Å². The van der Waals surface area contributed by atoms with E-state index in [-0.39, 0.29) is 23.8 Å². The van der Waals surface area contributed by atoms with Crippen LogP contribution < -0.4 is 10.2 Å². The number of nitrogens with zero attached hydrogens (tertiary/aromatic N) is 1. The smallest absolute Gasteiger partial charge is 0.239 e. The van der Waals surface area contributed by atoms with Gasteiger partial charge >= 0.3 is 0 Å².